The van der Waals surface area contributed by atoms with E-state index in [1.165, 1.54) is 0 Å². The summed E-state index contributed by atoms with van der Waals surface area (Å²) in [6.45, 7) is 0. The SMILES string of the molecule is O=Cc1cc(F)c(F)cc1CCC(=O)O. The van der Waals surface area contributed by atoms with Crippen molar-refractivity contribution >= 4 is 12.3 Å². The number of rotatable bonds is 4. The van der Waals surface area contributed by atoms with E-state index >= 15 is 0 Å². The Kier molecular flexibility index (Phi) is 3.49. The van der Waals surface area contributed by atoms with Gasteiger partial charge >= 0.3 is 5.97 Å². The molecule has 0 radical (unpaired) electrons. The number of carboxylic acids is 1. The molecule has 3 nitrogen and oxygen atoms in total. The number of carbonyl (C=O) groups is 2. The molecular weight excluding hydrogens is 206 g/mol. The predicted octanol–water partition coefficient (Wildman–Crippen LogP) is 1.79. The van der Waals surface area contributed by atoms with Crippen LogP contribution in [-0.2, 0) is 11.2 Å². The number of aldehydes is 1. The smallest absolute Gasteiger partial charge is 0.303 e. The van der Waals surface area contributed by atoms with Crippen molar-refractivity contribution in [3.8, 4) is 0 Å². The van der Waals surface area contributed by atoms with E-state index < -0.39 is 17.6 Å². The molecule has 0 fully saturated rings. The minimum absolute atomic E-state index is 0.000602. The fraction of sp³-hybridized carbons (Fsp3) is 0.200. The van der Waals surface area contributed by atoms with Crippen LogP contribution in [0.2, 0.25) is 0 Å². The first-order valence-electron chi connectivity index (χ1n) is 4.19. The number of hydrogen-bond acceptors (Lipinski definition) is 2. The molecule has 1 aromatic rings. The molecule has 0 aromatic heterocycles. The molecule has 1 aromatic carbocycles. The highest BCUT2D eigenvalue weighted by Crippen LogP contribution is 2.15. The van der Waals surface area contributed by atoms with E-state index in [-0.39, 0.29) is 24.0 Å². The van der Waals surface area contributed by atoms with Gasteiger partial charge < -0.3 is 5.11 Å². The molecule has 0 heterocycles. The number of carboxylic acid groups (broad SMARTS) is 1. The third kappa shape index (κ3) is 2.83. The molecule has 0 amide bonds. The van der Waals surface area contributed by atoms with E-state index in [4.69, 9.17) is 5.11 Å². The Bertz CT molecular complexity index is 402. The van der Waals surface area contributed by atoms with Gasteiger partial charge in [-0.05, 0) is 24.1 Å². The number of halogens is 2. The van der Waals surface area contributed by atoms with Crippen LogP contribution in [0, 0.1) is 11.6 Å². The quantitative estimate of drug-likeness (QED) is 0.777. The maximum atomic E-state index is 12.8. The molecule has 0 aliphatic carbocycles. The molecule has 0 atom stereocenters. The second-order valence-corrected chi connectivity index (χ2v) is 2.98. The summed E-state index contributed by atoms with van der Waals surface area (Å²) < 4.78 is 25.5. The van der Waals surface area contributed by atoms with Gasteiger partial charge in [0.05, 0.1) is 0 Å². The molecule has 0 spiro atoms. The highest BCUT2D eigenvalue weighted by molar-refractivity contribution is 5.77. The molecular formula is C10H8F2O3. The zero-order chi connectivity index (χ0) is 11.4. The molecule has 15 heavy (non-hydrogen) atoms. The van der Waals surface area contributed by atoms with E-state index in [1.54, 1.807) is 0 Å². The van der Waals surface area contributed by atoms with Crippen LogP contribution in [0.1, 0.15) is 22.3 Å². The average molecular weight is 214 g/mol. The van der Waals surface area contributed by atoms with Gasteiger partial charge in [-0.25, -0.2) is 8.78 Å². The van der Waals surface area contributed by atoms with E-state index in [1.807, 2.05) is 0 Å². The molecule has 0 saturated carbocycles. The van der Waals surface area contributed by atoms with Gasteiger partial charge in [0.15, 0.2) is 11.6 Å². The minimum Gasteiger partial charge on any atom is -0.481 e. The summed E-state index contributed by atoms with van der Waals surface area (Å²) in [5.74, 6) is -3.26. The molecule has 80 valence electrons. The third-order valence-corrected chi connectivity index (χ3v) is 1.92. The summed E-state index contributed by atoms with van der Waals surface area (Å²) in [4.78, 5) is 20.8. The minimum atomic E-state index is -1.11. The van der Waals surface area contributed by atoms with Crippen LogP contribution in [0.25, 0.3) is 0 Å². The van der Waals surface area contributed by atoms with Crippen molar-refractivity contribution in [1.82, 2.24) is 0 Å². The lowest BCUT2D eigenvalue weighted by Gasteiger charge is -2.03. The zero-order valence-electron chi connectivity index (χ0n) is 7.67. The van der Waals surface area contributed by atoms with Gasteiger partial charge in [-0.3, -0.25) is 9.59 Å². The van der Waals surface area contributed by atoms with Crippen LogP contribution in [0.3, 0.4) is 0 Å². The van der Waals surface area contributed by atoms with Crippen molar-refractivity contribution in [2.45, 2.75) is 12.8 Å². The van der Waals surface area contributed by atoms with Crippen LogP contribution in [0.5, 0.6) is 0 Å². The van der Waals surface area contributed by atoms with Crippen LogP contribution in [-0.4, -0.2) is 17.4 Å². The maximum absolute atomic E-state index is 12.8. The Balaban J connectivity index is 2.99. The Morgan fingerprint density at radius 3 is 2.47 bits per heavy atom. The highest BCUT2D eigenvalue weighted by atomic mass is 19.2. The van der Waals surface area contributed by atoms with Crippen LogP contribution >= 0.6 is 0 Å². The zero-order valence-corrected chi connectivity index (χ0v) is 7.67. The molecule has 1 N–H and O–H groups in total. The standard InChI is InChI=1S/C10H8F2O3/c11-8-3-6(1-2-10(14)15)7(5-13)4-9(8)12/h3-5H,1-2H2,(H,14,15). The van der Waals surface area contributed by atoms with Gasteiger partial charge in [-0.1, -0.05) is 0 Å². The Morgan fingerprint density at radius 2 is 1.93 bits per heavy atom. The summed E-state index contributed by atoms with van der Waals surface area (Å²) in [6, 6.07) is 1.61. The molecule has 1 rings (SSSR count). The van der Waals surface area contributed by atoms with Gasteiger partial charge in [-0.2, -0.15) is 0 Å². The van der Waals surface area contributed by atoms with Crippen LogP contribution in [0.4, 0.5) is 8.78 Å². The summed E-state index contributed by atoms with van der Waals surface area (Å²) in [5.41, 5.74) is 0.182. The number of hydrogen-bond donors (Lipinski definition) is 1. The van der Waals surface area contributed by atoms with Gasteiger partial charge in [0.25, 0.3) is 0 Å². The second kappa shape index (κ2) is 4.63. The van der Waals surface area contributed by atoms with Crippen molar-refractivity contribution in [2.75, 3.05) is 0 Å². The fourth-order valence-electron chi connectivity index (χ4n) is 1.17. The molecule has 0 unspecified atom stereocenters. The molecule has 0 saturated heterocycles. The Hall–Kier alpha value is -1.78. The topological polar surface area (TPSA) is 54.4 Å². The summed E-state index contributed by atoms with van der Waals surface area (Å²) in [6.07, 6.45) is 0.145. The first-order chi connectivity index (χ1) is 7.04. The van der Waals surface area contributed by atoms with Crippen molar-refractivity contribution < 1.29 is 23.5 Å². The predicted molar refractivity (Wildman–Crippen MR) is 47.7 cm³/mol. The summed E-state index contributed by atoms with van der Waals surface area (Å²) in [7, 11) is 0. The van der Waals surface area contributed by atoms with Gasteiger partial charge in [0, 0.05) is 12.0 Å². The normalized spacial score (nSPS) is 10.0. The van der Waals surface area contributed by atoms with Crippen LogP contribution in [0.15, 0.2) is 12.1 Å². The van der Waals surface area contributed by atoms with E-state index in [0.717, 1.165) is 12.1 Å². The largest absolute Gasteiger partial charge is 0.481 e. The maximum Gasteiger partial charge on any atom is 0.303 e. The van der Waals surface area contributed by atoms with E-state index in [2.05, 4.69) is 0 Å². The Morgan fingerprint density at radius 1 is 1.33 bits per heavy atom. The van der Waals surface area contributed by atoms with Gasteiger partial charge in [-0.15, -0.1) is 0 Å². The van der Waals surface area contributed by atoms with Crippen molar-refractivity contribution in [2.24, 2.45) is 0 Å². The fourth-order valence-corrected chi connectivity index (χ4v) is 1.17. The molecule has 0 bridgehead atoms. The van der Waals surface area contributed by atoms with E-state index in [0.29, 0.717) is 6.29 Å². The summed E-state index contributed by atoms with van der Waals surface area (Å²) >= 11 is 0. The van der Waals surface area contributed by atoms with Crippen molar-refractivity contribution in [1.29, 1.82) is 0 Å². The van der Waals surface area contributed by atoms with Gasteiger partial charge in [0.2, 0.25) is 0 Å². The number of aryl methyl sites for hydroxylation is 1. The summed E-state index contributed by atoms with van der Waals surface area (Å²) in [5, 5.41) is 8.41. The number of benzene rings is 1. The lowest BCUT2D eigenvalue weighted by molar-refractivity contribution is -0.136. The Labute approximate surface area is 84.3 Å². The average Bonchev–Trinajstić information content (AvgIpc) is 2.19. The van der Waals surface area contributed by atoms with E-state index in [9.17, 15) is 18.4 Å². The third-order valence-electron chi connectivity index (χ3n) is 1.92. The lowest BCUT2D eigenvalue weighted by atomic mass is 10.0. The number of carbonyl (C=O) groups excluding carboxylic acids is 1. The number of aliphatic carboxylic acids is 1. The second-order valence-electron chi connectivity index (χ2n) is 2.98. The lowest BCUT2D eigenvalue weighted by Crippen LogP contribution is -2.02. The molecule has 0 aliphatic heterocycles. The van der Waals surface area contributed by atoms with Crippen molar-refractivity contribution in [3.05, 3.63) is 34.9 Å². The highest BCUT2D eigenvalue weighted by Gasteiger charge is 2.10. The molecule has 0 aliphatic rings. The van der Waals surface area contributed by atoms with Gasteiger partial charge in [0.1, 0.15) is 6.29 Å². The molecule has 5 heteroatoms. The van der Waals surface area contributed by atoms with Crippen LogP contribution < -0.4 is 0 Å². The monoisotopic (exact) mass is 214 g/mol. The first kappa shape index (κ1) is 11.3. The van der Waals surface area contributed by atoms with Crippen molar-refractivity contribution in [3.63, 3.8) is 0 Å². The first-order valence-corrected chi connectivity index (χ1v) is 4.19.